The molecule has 0 spiro atoms. The van der Waals surface area contributed by atoms with Crippen LogP contribution >= 0.6 is 0 Å². The Labute approximate surface area is 112 Å². The number of aryl methyl sites for hydroxylation is 1. The second kappa shape index (κ2) is 6.82. The molecule has 0 atom stereocenters. The number of benzene rings is 1. The normalized spacial score (nSPS) is 10.4. The van der Waals surface area contributed by atoms with Crippen LogP contribution in [0.15, 0.2) is 36.5 Å². The first-order chi connectivity index (χ1) is 9.29. The van der Waals surface area contributed by atoms with Crippen LogP contribution in [-0.2, 0) is 18.0 Å². The molecule has 0 aliphatic rings. The summed E-state index contributed by atoms with van der Waals surface area (Å²) in [7, 11) is 1.55. The van der Waals surface area contributed by atoms with E-state index in [0.717, 1.165) is 16.8 Å². The smallest absolute Gasteiger partial charge is 0.316 e. The molecule has 19 heavy (non-hydrogen) atoms. The molecular weight excluding hydrogens is 242 g/mol. The lowest BCUT2D eigenvalue weighted by molar-refractivity contribution is 0.0226. The van der Waals surface area contributed by atoms with Crippen LogP contribution in [0.3, 0.4) is 0 Å². The molecule has 100 valence electrons. The molecule has 0 bridgehead atoms. The lowest BCUT2D eigenvalue weighted by Gasteiger charge is -2.08. The minimum Gasteiger partial charge on any atom is -0.467 e. The monoisotopic (exact) mass is 259 g/mol. The summed E-state index contributed by atoms with van der Waals surface area (Å²) in [5.41, 5.74) is 5.87. The van der Waals surface area contributed by atoms with Crippen molar-refractivity contribution in [2.75, 3.05) is 7.11 Å². The van der Waals surface area contributed by atoms with Crippen LogP contribution in [0.4, 0.5) is 0 Å². The highest BCUT2D eigenvalue weighted by Crippen LogP contribution is 2.08. The number of nitrogens with zero attached hydrogens (tertiary/aromatic N) is 2. The summed E-state index contributed by atoms with van der Waals surface area (Å²) >= 11 is 0. The van der Waals surface area contributed by atoms with Crippen LogP contribution in [-0.4, -0.2) is 17.1 Å². The molecule has 0 saturated carbocycles. The molecule has 2 rings (SSSR count). The van der Waals surface area contributed by atoms with Crippen molar-refractivity contribution in [3.05, 3.63) is 53.3 Å². The molecule has 0 unspecified atom stereocenters. The summed E-state index contributed by atoms with van der Waals surface area (Å²) in [5, 5.41) is 0. The highest BCUT2D eigenvalue weighted by molar-refractivity contribution is 5.17. The summed E-state index contributed by atoms with van der Waals surface area (Å²) < 4.78 is 4.99. The summed E-state index contributed by atoms with van der Waals surface area (Å²) in [6.07, 6.45) is 1.74. The standard InChI is InChI=1S/C14H17N3O2/c1-11-8-15-14(18-2)17-13(11)9-16-19-10-12-6-4-3-5-7-12/h3-8,16H,9-10H2,1-2H3. The van der Waals surface area contributed by atoms with E-state index in [9.17, 15) is 0 Å². The number of nitrogens with one attached hydrogen (secondary N) is 1. The Morgan fingerprint density at radius 2 is 2.00 bits per heavy atom. The number of hydroxylamine groups is 1. The van der Waals surface area contributed by atoms with Gasteiger partial charge in [-0.05, 0) is 18.1 Å². The van der Waals surface area contributed by atoms with Gasteiger partial charge in [0.1, 0.15) is 0 Å². The Morgan fingerprint density at radius 1 is 1.21 bits per heavy atom. The molecule has 0 fully saturated rings. The van der Waals surface area contributed by atoms with Crippen LogP contribution < -0.4 is 10.2 Å². The number of methoxy groups -OCH3 is 1. The minimum absolute atomic E-state index is 0.366. The lowest BCUT2D eigenvalue weighted by Crippen LogP contribution is -2.16. The van der Waals surface area contributed by atoms with Crippen LogP contribution in [0.25, 0.3) is 0 Å². The Balaban J connectivity index is 1.82. The van der Waals surface area contributed by atoms with Crippen molar-refractivity contribution in [2.45, 2.75) is 20.1 Å². The van der Waals surface area contributed by atoms with E-state index in [-0.39, 0.29) is 0 Å². The van der Waals surface area contributed by atoms with Crippen LogP contribution in [0.5, 0.6) is 6.01 Å². The molecule has 2 aromatic rings. The average Bonchev–Trinajstić information content (AvgIpc) is 2.46. The molecule has 0 saturated heterocycles. The van der Waals surface area contributed by atoms with Crippen LogP contribution in [0.1, 0.15) is 16.8 Å². The summed E-state index contributed by atoms with van der Waals surface area (Å²) in [6, 6.07) is 10.3. The van der Waals surface area contributed by atoms with Gasteiger partial charge in [0.25, 0.3) is 0 Å². The first-order valence-corrected chi connectivity index (χ1v) is 6.04. The van der Waals surface area contributed by atoms with Gasteiger partial charge in [-0.1, -0.05) is 30.3 Å². The number of ether oxygens (including phenoxy) is 1. The van der Waals surface area contributed by atoms with Gasteiger partial charge in [0.15, 0.2) is 0 Å². The SMILES string of the molecule is COc1ncc(C)c(CNOCc2ccccc2)n1. The van der Waals surface area contributed by atoms with Crippen molar-refractivity contribution >= 4 is 0 Å². The van der Waals surface area contributed by atoms with Crippen molar-refractivity contribution in [2.24, 2.45) is 0 Å². The van der Waals surface area contributed by atoms with Crippen molar-refractivity contribution in [3.8, 4) is 6.01 Å². The van der Waals surface area contributed by atoms with E-state index in [4.69, 9.17) is 9.57 Å². The number of hydrogen-bond acceptors (Lipinski definition) is 5. The third-order valence-corrected chi connectivity index (χ3v) is 2.66. The highest BCUT2D eigenvalue weighted by Gasteiger charge is 2.03. The molecule has 1 aromatic heterocycles. The van der Waals surface area contributed by atoms with Gasteiger partial charge in [-0.15, -0.1) is 0 Å². The predicted molar refractivity (Wildman–Crippen MR) is 71.4 cm³/mol. The molecule has 5 heteroatoms. The van der Waals surface area contributed by atoms with Crippen LogP contribution in [0, 0.1) is 6.92 Å². The minimum atomic E-state index is 0.366. The fourth-order valence-electron chi connectivity index (χ4n) is 1.56. The number of rotatable bonds is 6. The van der Waals surface area contributed by atoms with Gasteiger partial charge in [0.2, 0.25) is 0 Å². The molecule has 0 aliphatic carbocycles. The molecule has 0 amide bonds. The summed E-state index contributed by atoms with van der Waals surface area (Å²) in [5.74, 6) is 0. The van der Waals surface area contributed by atoms with Gasteiger partial charge >= 0.3 is 6.01 Å². The third kappa shape index (κ3) is 4.01. The molecular formula is C14H17N3O2. The van der Waals surface area contributed by atoms with E-state index in [0.29, 0.717) is 19.2 Å². The Bertz CT molecular complexity index is 517. The Morgan fingerprint density at radius 3 is 2.74 bits per heavy atom. The quantitative estimate of drug-likeness (QED) is 0.635. The molecule has 1 heterocycles. The van der Waals surface area contributed by atoms with Crippen molar-refractivity contribution in [1.29, 1.82) is 0 Å². The zero-order valence-electron chi connectivity index (χ0n) is 11.1. The second-order valence-electron chi connectivity index (χ2n) is 4.08. The van der Waals surface area contributed by atoms with E-state index < -0.39 is 0 Å². The van der Waals surface area contributed by atoms with E-state index in [2.05, 4.69) is 15.4 Å². The van der Waals surface area contributed by atoms with Gasteiger partial charge in [0.05, 0.1) is 26.0 Å². The highest BCUT2D eigenvalue weighted by atomic mass is 16.6. The zero-order valence-corrected chi connectivity index (χ0v) is 11.1. The Hall–Kier alpha value is -1.98. The largest absolute Gasteiger partial charge is 0.467 e. The van der Waals surface area contributed by atoms with Crippen molar-refractivity contribution < 1.29 is 9.57 Å². The number of aromatic nitrogens is 2. The molecule has 5 nitrogen and oxygen atoms in total. The van der Waals surface area contributed by atoms with E-state index >= 15 is 0 Å². The summed E-state index contributed by atoms with van der Waals surface area (Å²) in [6.45, 7) is 2.98. The maximum absolute atomic E-state index is 5.40. The topological polar surface area (TPSA) is 56.3 Å². The van der Waals surface area contributed by atoms with Crippen LogP contribution in [0.2, 0.25) is 0 Å². The predicted octanol–water partition coefficient (Wildman–Crippen LogP) is 2.02. The zero-order chi connectivity index (χ0) is 13.5. The maximum atomic E-state index is 5.40. The Kier molecular flexibility index (Phi) is 4.83. The molecule has 1 aromatic carbocycles. The van der Waals surface area contributed by atoms with Gasteiger partial charge in [0, 0.05) is 6.20 Å². The second-order valence-corrected chi connectivity index (χ2v) is 4.08. The van der Waals surface area contributed by atoms with Gasteiger partial charge < -0.3 is 4.74 Å². The fraction of sp³-hybridized carbons (Fsp3) is 0.286. The summed E-state index contributed by atoms with van der Waals surface area (Å²) in [4.78, 5) is 13.7. The van der Waals surface area contributed by atoms with Gasteiger partial charge in [-0.2, -0.15) is 10.5 Å². The van der Waals surface area contributed by atoms with Gasteiger partial charge in [-0.3, -0.25) is 4.84 Å². The average molecular weight is 259 g/mol. The molecule has 0 radical (unpaired) electrons. The van der Waals surface area contributed by atoms with E-state index in [1.165, 1.54) is 0 Å². The van der Waals surface area contributed by atoms with Gasteiger partial charge in [-0.25, -0.2) is 4.98 Å². The van der Waals surface area contributed by atoms with Crippen molar-refractivity contribution in [3.63, 3.8) is 0 Å². The first-order valence-electron chi connectivity index (χ1n) is 6.04. The lowest BCUT2D eigenvalue weighted by atomic mass is 10.2. The first kappa shape index (κ1) is 13.5. The maximum Gasteiger partial charge on any atom is 0.316 e. The number of hydrogen-bond donors (Lipinski definition) is 1. The fourth-order valence-corrected chi connectivity index (χ4v) is 1.56. The van der Waals surface area contributed by atoms with E-state index in [1.807, 2.05) is 37.3 Å². The third-order valence-electron chi connectivity index (χ3n) is 2.66. The van der Waals surface area contributed by atoms with Crippen molar-refractivity contribution in [1.82, 2.24) is 15.4 Å². The molecule has 1 N–H and O–H groups in total. The molecule has 0 aliphatic heterocycles. The van der Waals surface area contributed by atoms with E-state index in [1.54, 1.807) is 13.3 Å².